The number of hydrogen-bond donors (Lipinski definition) is 0. The van der Waals surface area contributed by atoms with Gasteiger partial charge in [0.25, 0.3) is 0 Å². The lowest BCUT2D eigenvalue weighted by Crippen LogP contribution is -2.46. The van der Waals surface area contributed by atoms with E-state index in [1.165, 1.54) is 12.1 Å². The van der Waals surface area contributed by atoms with Gasteiger partial charge in [0.2, 0.25) is 10.0 Å². The monoisotopic (exact) mass is 421 g/mol. The lowest BCUT2D eigenvalue weighted by atomic mass is 10.1. The predicted octanol–water partition coefficient (Wildman–Crippen LogP) is 4.80. The summed E-state index contributed by atoms with van der Waals surface area (Å²) in [4.78, 5) is -0.200. The highest BCUT2D eigenvalue weighted by Gasteiger charge is 2.56. The van der Waals surface area contributed by atoms with Crippen LogP contribution in [-0.2, 0) is 14.8 Å². The van der Waals surface area contributed by atoms with Crippen molar-refractivity contribution in [3.8, 4) is 0 Å². The molecule has 152 valence electrons. The fourth-order valence-electron chi connectivity index (χ4n) is 3.46. The highest BCUT2D eigenvalue weighted by molar-refractivity contribution is 7.89. The predicted molar refractivity (Wildman–Crippen MR) is 103 cm³/mol. The largest absolute Gasteiger partial charge is 0.407 e. The van der Waals surface area contributed by atoms with E-state index in [1.54, 1.807) is 43.3 Å². The molecule has 1 saturated heterocycles. The third kappa shape index (κ3) is 3.63. The molecule has 0 aromatic heterocycles. The number of aryl methyl sites for hydroxylation is 1. The van der Waals surface area contributed by atoms with Gasteiger partial charge in [-0.25, -0.2) is 8.42 Å². The maximum absolute atomic E-state index is 13.7. The van der Waals surface area contributed by atoms with Crippen molar-refractivity contribution >= 4 is 20.8 Å². The number of alkyl halides is 3. The molecule has 29 heavy (non-hydrogen) atoms. The van der Waals surface area contributed by atoms with E-state index in [-0.39, 0.29) is 4.90 Å². The van der Waals surface area contributed by atoms with Gasteiger partial charge in [-0.2, -0.15) is 17.5 Å². The Hall–Kier alpha value is -2.42. The average molecular weight is 421 g/mol. The topological polar surface area (TPSA) is 46.6 Å². The van der Waals surface area contributed by atoms with Crippen LogP contribution in [0.4, 0.5) is 13.2 Å². The van der Waals surface area contributed by atoms with Crippen LogP contribution >= 0.6 is 0 Å². The van der Waals surface area contributed by atoms with Crippen molar-refractivity contribution < 1.29 is 26.3 Å². The molecule has 8 heteroatoms. The van der Waals surface area contributed by atoms with Gasteiger partial charge in [-0.3, -0.25) is 0 Å². The van der Waals surface area contributed by atoms with Gasteiger partial charge in [0.05, 0.1) is 11.5 Å². The first-order valence-corrected chi connectivity index (χ1v) is 10.4. The van der Waals surface area contributed by atoms with Crippen molar-refractivity contribution in [2.45, 2.75) is 30.3 Å². The Bertz CT molecular complexity index is 1140. The first kappa shape index (κ1) is 19.9. The molecule has 0 unspecified atom stereocenters. The standard InChI is InChI=1S/C21H18F3NO3S/c1-14-6-10-18(11-7-14)29(26,27)25-19(21(22,23)24)13-28-20(25)17-9-8-15-4-2-3-5-16(15)12-17/h2-12,19-20H,13H2,1H3/t19-,20+/m0/s1. The van der Waals surface area contributed by atoms with Gasteiger partial charge >= 0.3 is 6.18 Å². The number of sulfonamides is 1. The van der Waals surface area contributed by atoms with Crippen LogP contribution in [0.2, 0.25) is 0 Å². The minimum absolute atomic E-state index is 0.200. The Morgan fingerprint density at radius 1 is 0.966 bits per heavy atom. The van der Waals surface area contributed by atoms with Gasteiger partial charge in [0.1, 0.15) is 6.04 Å². The minimum atomic E-state index is -4.76. The molecule has 1 heterocycles. The summed E-state index contributed by atoms with van der Waals surface area (Å²) in [5.41, 5.74) is 1.16. The summed E-state index contributed by atoms with van der Waals surface area (Å²) < 4.78 is 73.3. The molecule has 0 N–H and O–H groups in total. The van der Waals surface area contributed by atoms with Crippen LogP contribution in [0, 0.1) is 6.92 Å². The zero-order chi connectivity index (χ0) is 20.8. The number of fused-ring (bicyclic) bond motifs is 1. The molecule has 0 radical (unpaired) electrons. The number of benzene rings is 3. The van der Waals surface area contributed by atoms with Crippen LogP contribution in [0.3, 0.4) is 0 Å². The molecule has 0 bridgehead atoms. The lowest BCUT2D eigenvalue weighted by Gasteiger charge is -2.28. The molecule has 1 aliphatic heterocycles. The summed E-state index contributed by atoms with van der Waals surface area (Å²) in [6.07, 6.45) is -6.12. The fraction of sp³-hybridized carbons (Fsp3) is 0.238. The summed E-state index contributed by atoms with van der Waals surface area (Å²) >= 11 is 0. The molecular formula is C21H18F3NO3S. The Kier molecular flexibility index (Phi) is 4.88. The lowest BCUT2D eigenvalue weighted by molar-refractivity contribution is -0.164. The summed E-state index contributed by atoms with van der Waals surface area (Å²) in [6.45, 7) is 1.01. The Morgan fingerprint density at radius 2 is 1.62 bits per heavy atom. The first-order chi connectivity index (χ1) is 13.7. The van der Waals surface area contributed by atoms with Crippen LogP contribution in [0.15, 0.2) is 71.6 Å². The Balaban J connectivity index is 1.83. The number of rotatable bonds is 3. The SMILES string of the molecule is Cc1ccc(S(=O)(=O)N2[C@@H](c3ccc4ccccc4c3)OC[C@H]2C(F)(F)F)cc1. The molecule has 0 aliphatic carbocycles. The smallest absolute Gasteiger partial charge is 0.356 e. The minimum Gasteiger partial charge on any atom is -0.356 e. The molecule has 0 spiro atoms. The van der Waals surface area contributed by atoms with Crippen LogP contribution in [-0.4, -0.2) is 31.5 Å². The second-order valence-electron chi connectivity index (χ2n) is 7.00. The fourth-order valence-corrected chi connectivity index (χ4v) is 5.13. The molecule has 0 saturated carbocycles. The summed E-state index contributed by atoms with van der Waals surface area (Å²) in [5, 5.41) is 1.69. The summed E-state index contributed by atoms with van der Waals surface area (Å²) in [6, 6.07) is 15.8. The van der Waals surface area contributed by atoms with Crippen LogP contribution < -0.4 is 0 Å². The molecule has 0 amide bonds. The van der Waals surface area contributed by atoms with E-state index in [0.29, 0.717) is 9.87 Å². The van der Waals surface area contributed by atoms with Gasteiger partial charge in [-0.15, -0.1) is 0 Å². The quantitative estimate of drug-likeness (QED) is 0.610. The second kappa shape index (κ2) is 7.12. The zero-order valence-electron chi connectivity index (χ0n) is 15.4. The van der Waals surface area contributed by atoms with Crippen molar-refractivity contribution in [2.24, 2.45) is 0 Å². The maximum Gasteiger partial charge on any atom is 0.407 e. The molecule has 1 aliphatic rings. The molecule has 4 nitrogen and oxygen atoms in total. The van der Waals surface area contributed by atoms with E-state index in [0.717, 1.165) is 16.3 Å². The van der Waals surface area contributed by atoms with Crippen molar-refractivity contribution in [1.29, 1.82) is 0 Å². The van der Waals surface area contributed by atoms with Crippen LogP contribution in [0.1, 0.15) is 17.4 Å². The number of halogens is 3. The van der Waals surface area contributed by atoms with Crippen LogP contribution in [0.5, 0.6) is 0 Å². The van der Waals surface area contributed by atoms with Gasteiger partial charge in [-0.05, 0) is 41.5 Å². The normalized spacial score (nSPS) is 21.0. The number of hydrogen-bond acceptors (Lipinski definition) is 3. The Labute approximate surface area is 166 Å². The van der Waals surface area contributed by atoms with Gasteiger partial charge in [-0.1, -0.05) is 54.1 Å². The number of nitrogens with zero attached hydrogens (tertiary/aromatic N) is 1. The molecule has 1 fully saturated rings. The number of ether oxygens (including phenoxy) is 1. The average Bonchev–Trinajstić information content (AvgIpc) is 3.14. The highest BCUT2D eigenvalue weighted by Crippen LogP contribution is 2.42. The van der Waals surface area contributed by atoms with Crippen LogP contribution in [0.25, 0.3) is 10.8 Å². The highest BCUT2D eigenvalue weighted by atomic mass is 32.2. The molecule has 2 atom stereocenters. The first-order valence-electron chi connectivity index (χ1n) is 8.95. The van der Waals surface area contributed by atoms with E-state index in [2.05, 4.69) is 0 Å². The van der Waals surface area contributed by atoms with E-state index in [4.69, 9.17) is 4.74 Å². The zero-order valence-corrected chi connectivity index (χ0v) is 16.2. The van der Waals surface area contributed by atoms with E-state index >= 15 is 0 Å². The molecule has 3 aromatic carbocycles. The van der Waals surface area contributed by atoms with Gasteiger partial charge in [0.15, 0.2) is 6.23 Å². The van der Waals surface area contributed by atoms with Crippen molar-refractivity contribution in [1.82, 2.24) is 4.31 Å². The van der Waals surface area contributed by atoms with Gasteiger partial charge < -0.3 is 4.74 Å². The van der Waals surface area contributed by atoms with Gasteiger partial charge in [0, 0.05) is 0 Å². The Morgan fingerprint density at radius 3 is 2.28 bits per heavy atom. The van der Waals surface area contributed by atoms with E-state index in [1.807, 2.05) is 18.2 Å². The molecular weight excluding hydrogens is 403 g/mol. The van der Waals surface area contributed by atoms with E-state index in [9.17, 15) is 21.6 Å². The third-order valence-corrected chi connectivity index (χ3v) is 6.85. The second-order valence-corrected chi connectivity index (χ2v) is 8.84. The van der Waals surface area contributed by atoms with Crippen molar-refractivity contribution in [3.63, 3.8) is 0 Å². The van der Waals surface area contributed by atoms with Crippen molar-refractivity contribution in [3.05, 3.63) is 77.9 Å². The third-order valence-electron chi connectivity index (χ3n) is 4.98. The van der Waals surface area contributed by atoms with E-state index < -0.39 is 35.1 Å². The summed E-state index contributed by atoms with van der Waals surface area (Å²) in [7, 11) is -4.45. The molecule has 4 rings (SSSR count). The maximum atomic E-state index is 13.7. The molecule has 3 aromatic rings. The summed E-state index contributed by atoms with van der Waals surface area (Å²) in [5.74, 6) is 0. The van der Waals surface area contributed by atoms with Crippen molar-refractivity contribution in [2.75, 3.05) is 6.61 Å².